The van der Waals surface area contributed by atoms with Crippen LogP contribution in [-0.4, -0.2) is 48.2 Å². The van der Waals surface area contributed by atoms with Crippen molar-refractivity contribution in [2.75, 3.05) is 21.3 Å². The monoisotopic (exact) mass is 400 g/mol. The van der Waals surface area contributed by atoms with Gasteiger partial charge in [-0.3, -0.25) is 9.59 Å². The van der Waals surface area contributed by atoms with E-state index in [1.165, 1.54) is 38.5 Å². The van der Waals surface area contributed by atoms with Crippen molar-refractivity contribution >= 4 is 23.7 Å². The largest absolute Gasteiger partial charge is 0.504 e. The van der Waals surface area contributed by atoms with Crippen LogP contribution in [-0.2, 0) is 9.59 Å². The zero-order valence-corrected chi connectivity index (χ0v) is 16.5. The maximum absolute atomic E-state index is 11.9. The van der Waals surface area contributed by atoms with Gasteiger partial charge in [-0.2, -0.15) is 0 Å². The van der Waals surface area contributed by atoms with Crippen LogP contribution in [0.2, 0.25) is 0 Å². The molecule has 0 saturated heterocycles. The molecule has 0 aliphatic carbocycles. The van der Waals surface area contributed by atoms with E-state index in [9.17, 15) is 19.8 Å². The van der Waals surface area contributed by atoms with E-state index in [0.29, 0.717) is 22.6 Å². The number of methoxy groups -OCH3 is 2. The Bertz CT molecular complexity index is 825. The van der Waals surface area contributed by atoms with Crippen molar-refractivity contribution in [1.29, 1.82) is 0 Å². The molecule has 3 N–H and O–H groups in total. The fourth-order valence-electron chi connectivity index (χ4n) is 2.26. The number of aliphatic hydroxyl groups is 1. The molecule has 2 rings (SSSR count). The van der Waals surface area contributed by atoms with Crippen molar-refractivity contribution in [3.05, 3.63) is 59.7 Å². The van der Waals surface area contributed by atoms with Gasteiger partial charge in [-0.05, 0) is 47.5 Å². The maximum atomic E-state index is 11.9. The Kier molecular flexibility index (Phi) is 9.70. The molecule has 0 aliphatic heterocycles. The number of phenolic OH excluding ortho intramolecular Hbond substituents is 2. The topological polar surface area (TPSA) is 113 Å². The standard InChI is InChI=1S/C21H20O6.CH4O/c1-26-20-11-14(5-9-18(20)24)3-7-16(22)13-17(23)8-4-15-6-10-19(25)21(12-15)27-2;1-2/h3-12,24-25H,13H2,1-2H3;2H,1H3. The summed E-state index contributed by atoms with van der Waals surface area (Å²) in [5.74, 6) is -0.0832. The number of rotatable bonds is 8. The van der Waals surface area contributed by atoms with Crippen LogP contribution in [0.4, 0.5) is 0 Å². The molecule has 154 valence electrons. The normalized spacial score (nSPS) is 10.5. The minimum Gasteiger partial charge on any atom is -0.504 e. The zero-order valence-electron chi connectivity index (χ0n) is 16.5. The van der Waals surface area contributed by atoms with E-state index < -0.39 is 0 Å². The number of hydrogen-bond acceptors (Lipinski definition) is 7. The lowest BCUT2D eigenvalue weighted by Crippen LogP contribution is -2.01. The van der Waals surface area contributed by atoms with Gasteiger partial charge in [-0.25, -0.2) is 0 Å². The molecule has 2 aromatic carbocycles. The predicted octanol–water partition coefficient (Wildman–Crippen LogP) is 2.98. The molecule has 0 fully saturated rings. The lowest BCUT2D eigenvalue weighted by atomic mass is 10.1. The van der Waals surface area contributed by atoms with Crippen molar-refractivity contribution in [2.45, 2.75) is 6.42 Å². The van der Waals surface area contributed by atoms with Gasteiger partial charge in [0.15, 0.2) is 34.6 Å². The number of aliphatic hydroxyl groups excluding tert-OH is 1. The molecule has 0 radical (unpaired) electrons. The van der Waals surface area contributed by atoms with E-state index in [-0.39, 0.29) is 29.5 Å². The molecule has 0 saturated carbocycles. The molecule has 7 heteroatoms. The van der Waals surface area contributed by atoms with Gasteiger partial charge in [0, 0.05) is 7.11 Å². The maximum Gasteiger partial charge on any atom is 0.163 e. The first kappa shape index (κ1) is 23.5. The minimum absolute atomic E-state index is 0.00662. The zero-order chi connectivity index (χ0) is 21.8. The Morgan fingerprint density at radius 2 is 1.17 bits per heavy atom. The highest BCUT2D eigenvalue weighted by molar-refractivity contribution is 6.10. The van der Waals surface area contributed by atoms with Crippen molar-refractivity contribution in [2.24, 2.45) is 0 Å². The van der Waals surface area contributed by atoms with E-state index in [1.54, 1.807) is 36.4 Å². The quantitative estimate of drug-likeness (QED) is 0.461. The third-order valence-corrected chi connectivity index (χ3v) is 3.68. The summed E-state index contributed by atoms with van der Waals surface area (Å²) in [4.78, 5) is 23.9. The summed E-state index contributed by atoms with van der Waals surface area (Å²) in [6, 6.07) is 9.34. The van der Waals surface area contributed by atoms with Gasteiger partial charge < -0.3 is 24.8 Å². The highest BCUT2D eigenvalue weighted by atomic mass is 16.5. The average Bonchev–Trinajstić information content (AvgIpc) is 2.74. The average molecular weight is 400 g/mol. The molecule has 0 unspecified atom stereocenters. The van der Waals surface area contributed by atoms with E-state index in [1.807, 2.05) is 0 Å². The highest BCUT2D eigenvalue weighted by Crippen LogP contribution is 2.27. The van der Waals surface area contributed by atoms with Crippen molar-refractivity contribution in [3.63, 3.8) is 0 Å². The fraction of sp³-hybridized carbons (Fsp3) is 0.182. The van der Waals surface area contributed by atoms with Crippen LogP contribution >= 0.6 is 0 Å². The Labute approximate surface area is 169 Å². The van der Waals surface area contributed by atoms with Gasteiger partial charge in [0.05, 0.1) is 20.6 Å². The number of aromatic hydroxyl groups is 2. The summed E-state index contributed by atoms with van der Waals surface area (Å²) >= 11 is 0. The first-order valence-electron chi connectivity index (χ1n) is 8.53. The Morgan fingerprint density at radius 3 is 1.52 bits per heavy atom. The number of carbonyl (C=O) groups excluding carboxylic acids is 2. The van der Waals surface area contributed by atoms with Gasteiger partial charge >= 0.3 is 0 Å². The molecular formula is C22H24O7. The third kappa shape index (κ3) is 7.51. The molecule has 0 spiro atoms. The van der Waals surface area contributed by atoms with E-state index in [4.69, 9.17) is 14.6 Å². The van der Waals surface area contributed by atoms with Crippen molar-refractivity contribution < 1.29 is 34.4 Å². The smallest absolute Gasteiger partial charge is 0.163 e. The molecule has 0 amide bonds. The van der Waals surface area contributed by atoms with Crippen LogP contribution in [0.15, 0.2) is 48.6 Å². The van der Waals surface area contributed by atoms with Crippen molar-refractivity contribution in [3.8, 4) is 23.0 Å². The Morgan fingerprint density at radius 1 is 0.793 bits per heavy atom. The van der Waals surface area contributed by atoms with Gasteiger partial charge in [0.1, 0.15) is 0 Å². The first-order valence-corrected chi connectivity index (χ1v) is 8.53. The van der Waals surface area contributed by atoms with Crippen LogP contribution in [0, 0.1) is 0 Å². The Balaban J connectivity index is 0.00000204. The molecule has 0 atom stereocenters. The predicted molar refractivity (Wildman–Crippen MR) is 110 cm³/mol. The van der Waals surface area contributed by atoms with Gasteiger partial charge in [0.2, 0.25) is 0 Å². The second-order valence-electron chi connectivity index (χ2n) is 5.64. The van der Waals surface area contributed by atoms with Crippen LogP contribution in [0.3, 0.4) is 0 Å². The molecule has 0 aliphatic rings. The van der Waals surface area contributed by atoms with Crippen LogP contribution in [0.1, 0.15) is 17.5 Å². The number of ketones is 2. The lowest BCUT2D eigenvalue weighted by molar-refractivity contribution is -0.121. The summed E-state index contributed by atoms with van der Waals surface area (Å²) in [6.45, 7) is 0. The van der Waals surface area contributed by atoms with Gasteiger partial charge in [-0.15, -0.1) is 0 Å². The summed E-state index contributed by atoms with van der Waals surface area (Å²) in [5.41, 5.74) is 1.33. The Hall–Kier alpha value is -3.58. The minimum atomic E-state index is -0.347. The molecule has 0 aromatic heterocycles. The summed E-state index contributed by atoms with van der Waals surface area (Å²) < 4.78 is 10.00. The van der Waals surface area contributed by atoms with Crippen molar-refractivity contribution in [1.82, 2.24) is 0 Å². The summed E-state index contributed by atoms with van der Waals surface area (Å²) in [6.07, 6.45) is 5.44. The molecule has 7 nitrogen and oxygen atoms in total. The van der Waals surface area contributed by atoms with Crippen LogP contribution in [0.25, 0.3) is 12.2 Å². The number of phenols is 2. The highest BCUT2D eigenvalue weighted by Gasteiger charge is 2.06. The number of allylic oxidation sites excluding steroid dienone is 2. The molecule has 0 bridgehead atoms. The van der Waals surface area contributed by atoms with E-state index >= 15 is 0 Å². The van der Waals surface area contributed by atoms with Gasteiger partial charge in [-0.1, -0.05) is 24.3 Å². The van der Waals surface area contributed by atoms with E-state index in [0.717, 1.165) is 7.11 Å². The molecule has 0 heterocycles. The number of benzene rings is 2. The first-order chi connectivity index (χ1) is 13.9. The number of ether oxygens (including phenoxy) is 2. The SMILES string of the molecule is CO.COc1cc(C=CC(=O)CC(=O)C=Cc2ccc(O)c(OC)c2)ccc1O. The molecule has 2 aromatic rings. The third-order valence-electron chi connectivity index (χ3n) is 3.68. The molecule has 29 heavy (non-hydrogen) atoms. The summed E-state index contributed by atoms with van der Waals surface area (Å²) in [7, 11) is 3.87. The number of carbonyl (C=O) groups is 2. The summed E-state index contributed by atoms with van der Waals surface area (Å²) in [5, 5.41) is 26.1. The fourth-order valence-corrected chi connectivity index (χ4v) is 2.26. The second-order valence-corrected chi connectivity index (χ2v) is 5.64. The van der Waals surface area contributed by atoms with Crippen LogP contribution < -0.4 is 9.47 Å². The van der Waals surface area contributed by atoms with E-state index in [2.05, 4.69) is 0 Å². The lowest BCUT2D eigenvalue weighted by Gasteiger charge is -2.03. The molecular weight excluding hydrogens is 376 g/mol. The van der Waals surface area contributed by atoms with Crippen LogP contribution in [0.5, 0.6) is 23.0 Å². The van der Waals surface area contributed by atoms with Gasteiger partial charge in [0.25, 0.3) is 0 Å². The second kappa shape index (κ2) is 12.0. The number of hydrogen-bond donors (Lipinski definition) is 3.